The SMILES string of the molecule is O=C(CCl)c1nc2cc(Br)ccc2o1. The number of aromatic nitrogens is 1. The third-order valence-corrected chi connectivity index (χ3v) is 2.45. The number of hydrogen-bond donors (Lipinski definition) is 0. The number of rotatable bonds is 2. The molecule has 0 aliphatic rings. The van der Waals surface area contributed by atoms with Gasteiger partial charge in [0.15, 0.2) is 5.58 Å². The third-order valence-electron chi connectivity index (χ3n) is 1.71. The fourth-order valence-electron chi connectivity index (χ4n) is 1.08. The van der Waals surface area contributed by atoms with Crippen LogP contribution in [0.15, 0.2) is 27.1 Å². The average molecular weight is 275 g/mol. The molecule has 0 aliphatic carbocycles. The van der Waals surface area contributed by atoms with Crippen LogP contribution in [0.3, 0.4) is 0 Å². The molecule has 3 nitrogen and oxygen atoms in total. The van der Waals surface area contributed by atoms with Gasteiger partial charge in [0.1, 0.15) is 5.52 Å². The summed E-state index contributed by atoms with van der Waals surface area (Å²) in [4.78, 5) is 15.2. The zero-order valence-corrected chi connectivity index (χ0v) is 9.30. The quantitative estimate of drug-likeness (QED) is 0.624. The van der Waals surface area contributed by atoms with E-state index in [1.54, 1.807) is 12.1 Å². The molecule has 1 aromatic carbocycles. The number of carbonyl (C=O) groups is 1. The molecule has 2 rings (SSSR count). The van der Waals surface area contributed by atoms with E-state index >= 15 is 0 Å². The first-order valence-corrected chi connectivity index (χ1v) is 5.18. The van der Waals surface area contributed by atoms with Crippen LogP contribution in [0.25, 0.3) is 11.1 Å². The Morgan fingerprint density at radius 1 is 1.57 bits per heavy atom. The number of halogens is 2. The minimum absolute atomic E-state index is 0.0631. The van der Waals surface area contributed by atoms with E-state index in [2.05, 4.69) is 20.9 Å². The van der Waals surface area contributed by atoms with E-state index in [0.717, 1.165) is 4.47 Å². The molecule has 0 saturated carbocycles. The molecule has 1 heterocycles. The monoisotopic (exact) mass is 273 g/mol. The minimum Gasteiger partial charge on any atom is -0.434 e. The number of hydrogen-bond acceptors (Lipinski definition) is 3. The predicted molar refractivity (Wildman–Crippen MR) is 56.8 cm³/mol. The predicted octanol–water partition coefficient (Wildman–Crippen LogP) is 3.01. The van der Waals surface area contributed by atoms with Crippen molar-refractivity contribution in [1.82, 2.24) is 4.98 Å². The summed E-state index contributed by atoms with van der Waals surface area (Å²) in [5, 5.41) is 0. The first-order chi connectivity index (χ1) is 6.70. The molecule has 0 fully saturated rings. The normalized spacial score (nSPS) is 10.7. The summed E-state index contributed by atoms with van der Waals surface area (Å²) in [5.41, 5.74) is 1.23. The van der Waals surface area contributed by atoms with E-state index in [0.29, 0.717) is 11.1 Å². The summed E-state index contributed by atoms with van der Waals surface area (Å²) in [5.74, 6) is -0.361. The summed E-state index contributed by atoms with van der Waals surface area (Å²) in [7, 11) is 0. The zero-order chi connectivity index (χ0) is 10.1. The van der Waals surface area contributed by atoms with Gasteiger partial charge in [-0.1, -0.05) is 15.9 Å². The van der Waals surface area contributed by atoms with Crippen LogP contribution >= 0.6 is 27.5 Å². The Kier molecular flexibility index (Phi) is 2.56. The van der Waals surface area contributed by atoms with Crippen LogP contribution in [-0.2, 0) is 0 Å². The highest BCUT2D eigenvalue weighted by Crippen LogP contribution is 2.20. The summed E-state index contributed by atoms with van der Waals surface area (Å²) < 4.78 is 6.10. The topological polar surface area (TPSA) is 43.1 Å². The van der Waals surface area contributed by atoms with Gasteiger partial charge in [-0.25, -0.2) is 4.98 Å². The van der Waals surface area contributed by atoms with Gasteiger partial charge in [-0.15, -0.1) is 11.6 Å². The lowest BCUT2D eigenvalue weighted by molar-refractivity contribution is 0.0986. The van der Waals surface area contributed by atoms with Gasteiger partial charge in [0, 0.05) is 4.47 Å². The van der Waals surface area contributed by atoms with Gasteiger partial charge >= 0.3 is 0 Å². The van der Waals surface area contributed by atoms with Gasteiger partial charge in [-0.3, -0.25) is 4.79 Å². The number of fused-ring (bicyclic) bond motifs is 1. The Labute approximate surface area is 93.2 Å². The molecule has 0 bridgehead atoms. The van der Waals surface area contributed by atoms with Crippen molar-refractivity contribution in [2.45, 2.75) is 0 Å². The highest BCUT2D eigenvalue weighted by molar-refractivity contribution is 9.10. The van der Waals surface area contributed by atoms with Crippen molar-refractivity contribution in [2.75, 3.05) is 5.88 Å². The third kappa shape index (κ3) is 1.67. The number of oxazole rings is 1. The first-order valence-electron chi connectivity index (χ1n) is 3.86. The fourth-order valence-corrected chi connectivity index (χ4v) is 1.54. The second kappa shape index (κ2) is 3.71. The standard InChI is InChI=1S/C9H5BrClNO2/c10-5-1-2-8-6(3-5)12-9(14-8)7(13)4-11/h1-3H,4H2. The Bertz CT molecular complexity index is 495. The highest BCUT2D eigenvalue weighted by atomic mass is 79.9. The molecule has 0 radical (unpaired) electrons. The second-order valence-corrected chi connectivity index (χ2v) is 3.87. The average Bonchev–Trinajstić information content (AvgIpc) is 2.59. The van der Waals surface area contributed by atoms with E-state index in [9.17, 15) is 4.79 Å². The van der Waals surface area contributed by atoms with E-state index in [1.165, 1.54) is 0 Å². The molecule has 2 aromatic rings. The van der Waals surface area contributed by atoms with Gasteiger partial charge < -0.3 is 4.42 Å². The van der Waals surface area contributed by atoms with Gasteiger partial charge in [-0.05, 0) is 18.2 Å². The molecule has 0 spiro atoms. The zero-order valence-electron chi connectivity index (χ0n) is 6.96. The summed E-state index contributed by atoms with van der Waals surface area (Å²) in [6, 6.07) is 5.35. The number of ketones is 1. The van der Waals surface area contributed by atoms with Crippen LogP contribution in [0.5, 0.6) is 0 Å². The molecule has 0 aliphatic heterocycles. The van der Waals surface area contributed by atoms with Crippen LogP contribution in [0.4, 0.5) is 0 Å². The molecular formula is C9H5BrClNO2. The Morgan fingerprint density at radius 3 is 3.07 bits per heavy atom. The van der Waals surface area contributed by atoms with Crippen molar-refractivity contribution in [1.29, 1.82) is 0 Å². The lowest BCUT2D eigenvalue weighted by Crippen LogP contribution is -1.99. The van der Waals surface area contributed by atoms with Crippen LogP contribution in [0.1, 0.15) is 10.7 Å². The molecule has 0 saturated heterocycles. The molecule has 0 unspecified atom stereocenters. The van der Waals surface area contributed by atoms with Crippen LogP contribution in [0.2, 0.25) is 0 Å². The Morgan fingerprint density at radius 2 is 2.36 bits per heavy atom. The Hall–Kier alpha value is -0.870. The van der Waals surface area contributed by atoms with E-state index in [4.69, 9.17) is 16.0 Å². The lowest BCUT2D eigenvalue weighted by atomic mass is 10.3. The molecule has 14 heavy (non-hydrogen) atoms. The summed E-state index contributed by atoms with van der Waals surface area (Å²) in [6.45, 7) is 0. The molecule has 5 heteroatoms. The number of nitrogens with zero attached hydrogens (tertiary/aromatic N) is 1. The van der Waals surface area contributed by atoms with E-state index in [-0.39, 0.29) is 17.6 Å². The van der Waals surface area contributed by atoms with E-state index < -0.39 is 0 Å². The molecular weight excluding hydrogens is 269 g/mol. The van der Waals surface area contributed by atoms with Crippen molar-refractivity contribution in [3.63, 3.8) is 0 Å². The molecule has 1 aromatic heterocycles. The highest BCUT2D eigenvalue weighted by Gasteiger charge is 2.12. The van der Waals surface area contributed by atoms with Crippen LogP contribution < -0.4 is 0 Å². The van der Waals surface area contributed by atoms with Gasteiger partial charge in [-0.2, -0.15) is 0 Å². The Balaban J connectivity index is 2.56. The number of carbonyl (C=O) groups excluding carboxylic acids is 1. The molecule has 0 atom stereocenters. The van der Waals surface area contributed by atoms with Crippen molar-refractivity contribution in [2.24, 2.45) is 0 Å². The van der Waals surface area contributed by atoms with Crippen molar-refractivity contribution in [3.8, 4) is 0 Å². The maximum atomic E-state index is 11.2. The van der Waals surface area contributed by atoms with Gasteiger partial charge in [0.05, 0.1) is 5.88 Å². The molecule has 0 amide bonds. The second-order valence-electron chi connectivity index (χ2n) is 2.69. The fraction of sp³-hybridized carbons (Fsp3) is 0.111. The first kappa shape index (κ1) is 9.68. The van der Waals surface area contributed by atoms with E-state index in [1.807, 2.05) is 6.07 Å². The maximum Gasteiger partial charge on any atom is 0.265 e. The van der Waals surface area contributed by atoms with Crippen molar-refractivity contribution >= 4 is 44.4 Å². The number of benzene rings is 1. The summed E-state index contributed by atoms with van der Waals surface area (Å²) in [6.07, 6.45) is 0. The largest absolute Gasteiger partial charge is 0.434 e. The molecule has 0 N–H and O–H groups in total. The van der Waals surface area contributed by atoms with Gasteiger partial charge in [0.25, 0.3) is 5.89 Å². The number of Topliss-reactive ketones (excluding diaryl/α,β-unsaturated/α-hetero) is 1. The molecule has 72 valence electrons. The van der Waals surface area contributed by atoms with Crippen molar-refractivity contribution in [3.05, 3.63) is 28.6 Å². The van der Waals surface area contributed by atoms with Crippen LogP contribution in [0, 0.1) is 0 Å². The lowest BCUT2D eigenvalue weighted by Gasteiger charge is -1.86. The minimum atomic E-state index is -0.306. The van der Waals surface area contributed by atoms with Crippen molar-refractivity contribution < 1.29 is 9.21 Å². The number of alkyl halides is 1. The van der Waals surface area contributed by atoms with Crippen LogP contribution in [-0.4, -0.2) is 16.6 Å². The smallest absolute Gasteiger partial charge is 0.265 e. The van der Waals surface area contributed by atoms with Gasteiger partial charge in [0.2, 0.25) is 5.78 Å². The maximum absolute atomic E-state index is 11.2. The summed E-state index contributed by atoms with van der Waals surface area (Å²) >= 11 is 8.69.